The zero-order valence-corrected chi connectivity index (χ0v) is 15.7. The highest BCUT2D eigenvalue weighted by Gasteiger charge is 2.33. The number of methoxy groups -OCH3 is 1. The second kappa shape index (κ2) is 8.44. The van der Waals surface area contributed by atoms with Gasteiger partial charge in [0.2, 0.25) is 5.91 Å². The van der Waals surface area contributed by atoms with E-state index < -0.39 is 0 Å². The summed E-state index contributed by atoms with van der Waals surface area (Å²) in [5, 5.41) is 7.16. The van der Waals surface area contributed by atoms with Crippen LogP contribution in [0.15, 0.2) is 0 Å². The molecule has 2 heterocycles. The van der Waals surface area contributed by atoms with Crippen molar-refractivity contribution in [3.63, 3.8) is 0 Å². The van der Waals surface area contributed by atoms with E-state index in [0.717, 1.165) is 11.3 Å². The maximum Gasteiger partial charge on any atom is 0.272 e. The van der Waals surface area contributed by atoms with E-state index in [1.807, 2.05) is 20.8 Å². The lowest BCUT2D eigenvalue weighted by Crippen LogP contribution is -2.41. The lowest BCUT2D eigenvalue weighted by molar-refractivity contribution is -0.121. The summed E-state index contributed by atoms with van der Waals surface area (Å²) in [4.78, 5) is 26.4. The first kappa shape index (κ1) is 19.4. The fourth-order valence-corrected chi connectivity index (χ4v) is 3.10. The molecule has 140 valence electrons. The predicted octanol–water partition coefficient (Wildman–Crippen LogP) is 0.760. The zero-order chi connectivity index (χ0) is 18.6. The van der Waals surface area contributed by atoms with Crippen molar-refractivity contribution in [3.8, 4) is 0 Å². The van der Waals surface area contributed by atoms with Crippen molar-refractivity contribution in [3.05, 3.63) is 17.0 Å². The molecule has 1 N–H and O–H groups in total. The maximum atomic E-state index is 13.2. The Labute approximate surface area is 148 Å². The fourth-order valence-electron chi connectivity index (χ4n) is 3.10. The van der Waals surface area contributed by atoms with Gasteiger partial charge in [0.1, 0.15) is 5.69 Å². The average molecular weight is 352 g/mol. The van der Waals surface area contributed by atoms with Gasteiger partial charge in [-0.3, -0.25) is 14.3 Å². The van der Waals surface area contributed by atoms with Crippen molar-refractivity contribution in [1.82, 2.24) is 20.0 Å². The first-order valence-corrected chi connectivity index (χ1v) is 8.66. The van der Waals surface area contributed by atoms with Gasteiger partial charge in [0.15, 0.2) is 0 Å². The zero-order valence-electron chi connectivity index (χ0n) is 15.7. The van der Waals surface area contributed by atoms with Gasteiger partial charge in [-0.05, 0) is 20.8 Å². The number of carbonyl (C=O) groups excluding carboxylic acids is 2. The van der Waals surface area contributed by atoms with Gasteiger partial charge in [0.25, 0.3) is 5.91 Å². The third-order valence-corrected chi connectivity index (χ3v) is 4.39. The molecular weight excluding hydrogens is 324 g/mol. The third kappa shape index (κ3) is 4.19. The molecule has 0 saturated carbocycles. The van der Waals surface area contributed by atoms with E-state index in [0.29, 0.717) is 31.8 Å². The largest absolute Gasteiger partial charge is 0.383 e. The minimum Gasteiger partial charge on any atom is -0.383 e. The number of amides is 2. The van der Waals surface area contributed by atoms with E-state index in [1.54, 1.807) is 18.8 Å². The van der Waals surface area contributed by atoms with Crippen LogP contribution in [-0.4, -0.2) is 66.5 Å². The molecule has 0 saturated heterocycles. The molecular formula is C17H28N4O4. The molecule has 0 bridgehead atoms. The molecule has 2 rings (SSSR count). The smallest absolute Gasteiger partial charge is 0.272 e. The Morgan fingerprint density at radius 2 is 2.16 bits per heavy atom. The van der Waals surface area contributed by atoms with Gasteiger partial charge in [-0.2, -0.15) is 5.10 Å². The molecule has 1 aliphatic heterocycles. The summed E-state index contributed by atoms with van der Waals surface area (Å²) >= 11 is 0. The number of aromatic nitrogens is 2. The summed E-state index contributed by atoms with van der Waals surface area (Å²) in [6.07, 6.45) is 0.483. The van der Waals surface area contributed by atoms with E-state index in [1.165, 1.54) is 4.90 Å². The van der Waals surface area contributed by atoms with E-state index in [9.17, 15) is 9.59 Å². The molecule has 0 unspecified atom stereocenters. The number of nitrogens with zero attached hydrogens (tertiary/aromatic N) is 3. The highest BCUT2D eigenvalue weighted by molar-refractivity contribution is 5.96. The third-order valence-electron chi connectivity index (χ3n) is 4.39. The monoisotopic (exact) mass is 352 g/mol. The van der Waals surface area contributed by atoms with E-state index in [2.05, 4.69) is 10.4 Å². The molecule has 1 aliphatic rings. The summed E-state index contributed by atoms with van der Waals surface area (Å²) < 4.78 is 12.7. The Bertz CT molecular complexity index is 628. The molecule has 1 aromatic heterocycles. The van der Waals surface area contributed by atoms with E-state index >= 15 is 0 Å². The van der Waals surface area contributed by atoms with Gasteiger partial charge in [-0.1, -0.05) is 0 Å². The first-order chi connectivity index (χ1) is 11.9. The van der Waals surface area contributed by atoms with Crippen molar-refractivity contribution >= 4 is 11.8 Å². The number of ether oxygens (including phenoxy) is 2. The highest BCUT2D eigenvalue weighted by atomic mass is 16.5. The summed E-state index contributed by atoms with van der Waals surface area (Å²) in [7, 11) is 3.18. The van der Waals surface area contributed by atoms with Crippen LogP contribution in [0, 0.1) is 0 Å². The summed E-state index contributed by atoms with van der Waals surface area (Å²) in [6, 6.07) is 0. The number of rotatable bonds is 7. The van der Waals surface area contributed by atoms with Gasteiger partial charge < -0.3 is 19.7 Å². The molecule has 25 heavy (non-hydrogen) atoms. The molecule has 0 fully saturated rings. The molecule has 1 aromatic rings. The Hall–Kier alpha value is -1.93. The van der Waals surface area contributed by atoms with Crippen LogP contribution in [0.3, 0.4) is 0 Å². The SMILES string of the molecule is CCN(CC(=O)NC)C(=O)c1c2c(nn1CCOC)[C@H](C)O[C@H](C)C2. The van der Waals surface area contributed by atoms with Crippen LogP contribution >= 0.6 is 0 Å². The summed E-state index contributed by atoms with van der Waals surface area (Å²) in [5.74, 6) is -0.380. The standard InChI is InChI=1S/C17H28N4O4/c1-6-20(10-14(22)18-4)17(23)16-13-9-11(2)25-12(3)15(13)19-21(16)7-8-24-5/h11-12H,6-10H2,1-5H3,(H,18,22)/t11-,12+/m1/s1. The summed E-state index contributed by atoms with van der Waals surface area (Å²) in [5.41, 5.74) is 2.26. The van der Waals surface area contributed by atoms with Crippen LogP contribution in [0.25, 0.3) is 0 Å². The number of carbonyl (C=O) groups is 2. The fraction of sp³-hybridized carbons (Fsp3) is 0.706. The van der Waals surface area contributed by atoms with Crippen LogP contribution in [0.2, 0.25) is 0 Å². The minimum atomic E-state index is -0.197. The predicted molar refractivity (Wildman–Crippen MR) is 92.4 cm³/mol. The topological polar surface area (TPSA) is 85.7 Å². The maximum absolute atomic E-state index is 13.2. The molecule has 2 atom stereocenters. The van der Waals surface area contributed by atoms with Crippen LogP contribution in [-0.2, 0) is 27.2 Å². The Morgan fingerprint density at radius 1 is 1.44 bits per heavy atom. The molecule has 2 amide bonds. The Kier molecular flexibility index (Phi) is 6.55. The molecule has 8 heteroatoms. The van der Waals surface area contributed by atoms with Crippen LogP contribution in [0.5, 0.6) is 0 Å². The van der Waals surface area contributed by atoms with Crippen molar-refractivity contribution in [2.24, 2.45) is 0 Å². The lowest BCUT2D eigenvalue weighted by Gasteiger charge is -2.26. The molecule has 8 nitrogen and oxygen atoms in total. The van der Waals surface area contributed by atoms with Crippen LogP contribution < -0.4 is 5.32 Å². The quantitative estimate of drug-likeness (QED) is 0.783. The normalized spacial score (nSPS) is 19.4. The van der Waals surface area contributed by atoms with Crippen LogP contribution in [0.1, 0.15) is 48.6 Å². The second-order valence-electron chi connectivity index (χ2n) is 6.21. The average Bonchev–Trinajstić information content (AvgIpc) is 2.95. The van der Waals surface area contributed by atoms with Crippen molar-refractivity contribution < 1.29 is 19.1 Å². The molecule has 0 spiro atoms. The lowest BCUT2D eigenvalue weighted by atomic mass is 9.99. The van der Waals surface area contributed by atoms with E-state index in [4.69, 9.17) is 9.47 Å². The number of hydrogen-bond acceptors (Lipinski definition) is 5. The van der Waals surface area contributed by atoms with Gasteiger partial charge in [-0.25, -0.2) is 0 Å². The molecule has 0 aromatic carbocycles. The molecule has 0 radical (unpaired) electrons. The first-order valence-electron chi connectivity index (χ1n) is 8.66. The van der Waals surface area contributed by atoms with Crippen molar-refractivity contribution in [2.75, 3.05) is 33.9 Å². The van der Waals surface area contributed by atoms with Gasteiger partial charge in [-0.15, -0.1) is 0 Å². The number of likely N-dealkylation sites (N-methyl/N-ethyl adjacent to an activating group) is 2. The van der Waals surface area contributed by atoms with Gasteiger partial charge >= 0.3 is 0 Å². The summed E-state index contributed by atoms with van der Waals surface area (Å²) in [6.45, 7) is 7.19. The number of fused-ring (bicyclic) bond motifs is 1. The number of nitrogens with one attached hydrogen (secondary N) is 1. The molecule has 0 aliphatic carbocycles. The minimum absolute atomic E-state index is 0.0168. The van der Waals surface area contributed by atoms with Crippen LogP contribution in [0.4, 0.5) is 0 Å². The van der Waals surface area contributed by atoms with Gasteiger partial charge in [0.05, 0.1) is 37.6 Å². The van der Waals surface area contributed by atoms with Gasteiger partial charge in [0, 0.05) is 32.7 Å². The van der Waals surface area contributed by atoms with Crippen molar-refractivity contribution in [1.29, 1.82) is 0 Å². The van der Waals surface area contributed by atoms with E-state index in [-0.39, 0.29) is 30.6 Å². The highest BCUT2D eigenvalue weighted by Crippen LogP contribution is 2.32. The Morgan fingerprint density at radius 3 is 2.76 bits per heavy atom. The number of hydrogen-bond donors (Lipinski definition) is 1. The van der Waals surface area contributed by atoms with Crippen molar-refractivity contribution in [2.45, 2.75) is 45.9 Å². The Balaban J connectivity index is 2.42. The second-order valence-corrected chi connectivity index (χ2v) is 6.21.